The van der Waals surface area contributed by atoms with E-state index in [4.69, 9.17) is 9.52 Å². The molecule has 0 amide bonds. The molecular weight excluding hydrogens is 346 g/mol. The molecule has 2 N–H and O–H groups in total. The number of carboxylic acid groups (broad SMARTS) is 1. The molecule has 0 aliphatic carbocycles. The SMILES string of the molecule is COC(=O)c1ccc(-c2ccc(CNCc3ccc(C(=O)O)cc3)o2)cc1. The quantitative estimate of drug-likeness (QED) is 0.620. The predicted octanol–water partition coefficient (Wildman–Crippen LogP) is 3.72. The highest BCUT2D eigenvalue weighted by Gasteiger charge is 2.08. The summed E-state index contributed by atoms with van der Waals surface area (Å²) in [6, 6.07) is 17.5. The largest absolute Gasteiger partial charge is 0.478 e. The number of carbonyl (C=O) groups excluding carboxylic acids is 1. The minimum absolute atomic E-state index is 0.271. The number of methoxy groups -OCH3 is 1. The van der Waals surface area contributed by atoms with Gasteiger partial charge in [0, 0.05) is 12.1 Å². The zero-order valence-electron chi connectivity index (χ0n) is 14.8. The second-order valence-corrected chi connectivity index (χ2v) is 5.94. The normalized spacial score (nSPS) is 10.6. The van der Waals surface area contributed by atoms with Gasteiger partial charge in [-0.25, -0.2) is 9.59 Å². The van der Waals surface area contributed by atoms with Gasteiger partial charge in [-0.15, -0.1) is 0 Å². The first-order valence-electron chi connectivity index (χ1n) is 8.37. The Kier molecular flexibility index (Phi) is 5.68. The van der Waals surface area contributed by atoms with Crippen molar-refractivity contribution >= 4 is 11.9 Å². The van der Waals surface area contributed by atoms with Gasteiger partial charge in [0.15, 0.2) is 0 Å². The van der Waals surface area contributed by atoms with Gasteiger partial charge < -0.3 is 19.6 Å². The molecular formula is C21H19NO5. The molecule has 6 nitrogen and oxygen atoms in total. The van der Waals surface area contributed by atoms with Crippen LogP contribution >= 0.6 is 0 Å². The first-order chi connectivity index (χ1) is 13.1. The summed E-state index contributed by atoms with van der Waals surface area (Å²) in [6.45, 7) is 1.14. The third-order valence-electron chi connectivity index (χ3n) is 4.08. The second kappa shape index (κ2) is 8.33. The zero-order valence-corrected chi connectivity index (χ0v) is 14.8. The lowest BCUT2D eigenvalue weighted by atomic mass is 10.1. The molecule has 1 heterocycles. The van der Waals surface area contributed by atoms with Crippen LogP contribution in [0.4, 0.5) is 0 Å². The second-order valence-electron chi connectivity index (χ2n) is 5.94. The third kappa shape index (κ3) is 4.62. The summed E-state index contributed by atoms with van der Waals surface area (Å²) >= 11 is 0. The topological polar surface area (TPSA) is 88.8 Å². The Balaban J connectivity index is 1.56. The van der Waals surface area contributed by atoms with Crippen molar-refractivity contribution in [1.82, 2.24) is 5.32 Å². The van der Waals surface area contributed by atoms with E-state index < -0.39 is 5.97 Å². The summed E-state index contributed by atoms with van der Waals surface area (Å²) in [5.74, 6) is 0.192. The number of nitrogens with one attached hydrogen (secondary N) is 1. The molecule has 0 fully saturated rings. The molecule has 2 aromatic carbocycles. The summed E-state index contributed by atoms with van der Waals surface area (Å²) in [6.07, 6.45) is 0. The maximum absolute atomic E-state index is 11.5. The Morgan fingerprint density at radius 3 is 2.22 bits per heavy atom. The van der Waals surface area contributed by atoms with Crippen molar-refractivity contribution in [1.29, 1.82) is 0 Å². The van der Waals surface area contributed by atoms with Gasteiger partial charge in [-0.2, -0.15) is 0 Å². The lowest BCUT2D eigenvalue weighted by Gasteiger charge is -2.04. The summed E-state index contributed by atoms with van der Waals surface area (Å²) in [5, 5.41) is 12.2. The average Bonchev–Trinajstić information content (AvgIpc) is 3.17. The van der Waals surface area contributed by atoms with Crippen molar-refractivity contribution in [2.45, 2.75) is 13.1 Å². The van der Waals surface area contributed by atoms with Crippen LogP contribution in [0.25, 0.3) is 11.3 Å². The Morgan fingerprint density at radius 1 is 0.926 bits per heavy atom. The lowest BCUT2D eigenvalue weighted by Crippen LogP contribution is -2.12. The summed E-state index contributed by atoms with van der Waals surface area (Å²) in [5.41, 5.74) is 2.62. The maximum atomic E-state index is 11.5. The Labute approximate surface area is 156 Å². The molecule has 0 bridgehead atoms. The number of ether oxygens (including phenoxy) is 1. The van der Waals surface area contributed by atoms with Crippen molar-refractivity contribution in [3.63, 3.8) is 0 Å². The van der Waals surface area contributed by atoms with Crippen LogP contribution in [0.2, 0.25) is 0 Å². The number of esters is 1. The van der Waals surface area contributed by atoms with Crippen LogP contribution < -0.4 is 5.32 Å². The van der Waals surface area contributed by atoms with Crippen molar-refractivity contribution in [3.05, 3.63) is 83.1 Å². The molecule has 138 valence electrons. The molecule has 0 saturated carbocycles. The van der Waals surface area contributed by atoms with Gasteiger partial charge in [0.25, 0.3) is 0 Å². The number of furan rings is 1. The van der Waals surface area contributed by atoms with E-state index >= 15 is 0 Å². The van der Waals surface area contributed by atoms with E-state index in [2.05, 4.69) is 10.1 Å². The van der Waals surface area contributed by atoms with E-state index in [1.165, 1.54) is 7.11 Å². The Morgan fingerprint density at radius 2 is 1.59 bits per heavy atom. The van der Waals surface area contributed by atoms with E-state index in [1.54, 1.807) is 36.4 Å². The first kappa shape index (κ1) is 18.4. The molecule has 0 saturated heterocycles. The summed E-state index contributed by atoms with van der Waals surface area (Å²) in [4.78, 5) is 22.3. The van der Waals surface area contributed by atoms with Crippen LogP contribution in [0.5, 0.6) is 0 Å². The van der Waals surface area contributed by atoms with Gasteiger partial charge in [0.2, 0.25) is 0 Å². The molecule has 0 radical (unpaired) electrons. The molecule has 1 aromatic heterocycles. The van der Waals surface area contributed by atoms with Gasteiger partial charge >= 0.3 is 11.9 Å². The van der Waals surface area contributed by atoms with Gasteiger partial charge in [0.05, 0.1) is 24.8 Å². The van der Waals surface area contributed by atoms with Crippen LogP contribution in [-0.2, 0) is 17.8 Å². The van der Waals surface area contributed by atoms with E-state index in [9.17, 15) is 9.59 Å². The molecule has 0 spiro atoms. The molecule has 0 aliphatic heterocycles. The molecule has 3 rings (SSSR count). The number of carbonyl (C=O) groups is 2. The number of hydrogen-bond acceptors (Lipinski definition) is 5. The standard InChI is InChI=1S/C21H19NO5/c1-26-21(25)17-8-6-15(7-9-17)19-11-10-18(27-19)13-22-12-14-2-4-16(5-3-14)20(23)24/h2-11,22H,12-13H2,1H3,(H,23,24). The minimum Gasteiger partial charge on any atom is -0.478 e. The van der Waals surface area contributed by atoms with Gasteiger partial charge in [0.1, 0.15) is 11.5 Å². The number of hydrogen-bond donors (Lipinski definition) is 2. The smallest absolute Gasteiger partial charge is 0.337 e. The highest BCUT2D eigenvalue weighted by Crippen LogP contribution is 2.23. The van der Waals surface area contributed by atoms with Crippen molar-refractivity contribution in [3.8, 4) is 11.3 Å². The fourth-order valence-corrected chi connectivity index (χ4v) is 2.61. The van der Waals surface area contributed by atoms with E-state index in [0.717, 1.165) is 16.9 Å². The summed E-state index contributed by atoms with van der Waals surface area (Å²) in [7, 11) is 1.35. The number of benzene rings is 2. The van der Waals surface area contributed by atoms with E-state index in [0.29, 0.717) is 24.4 Å². The zero-order chi connectivity index (χ0) is 19.2. The lowest BCUT2D eigenvalue weighted by molar-refractivity contribution is 0.0600. The molecule has 0 aliphatic rings. The number of carboxylic acids is 1. The average molecular weight is 365 g/mol. The fourth-order valence-electron chi connectivity index (χ4n) is 2.61. The summed E-state index contributed by atoms with van der Waals surface area (Å²) < 4.78 is 10.5. The van der Waals surface area contributed by atoms with E-state index in [-0.39, 0.29) is 11.5 Å². The number of rotatable bonds is 7. The van der Waals surface area contributed by atoms with Crippen LogP contribution in [0.15, 0.2) is 65.1 Å². The van der Waals surface area contributed by atoms with Crippen molar-refractivity contribution in [2.24, 2.45) is 0 Å². The Hall–Kier alpha value is -3.38. The van der Waals surface area contributed by atoms with Crippen LogP contribution in [0, 0.1) is 0 Å². The monoisotopic (exact) mass is 365 g/mol. The molecule has 6 heteroatoms. The maximum Gasteiger partial charge on any atom is 0.337 e. The van der Waals surface area contributed by atoms with Crippen LogP contribution in [0.3, 0.4) is 0 Å². The third-order valence-corrected chi connectivity index (χ3v) is 4.08. The minimum atomic E-state index is -0.933. The van der Waals surface area contributed by atoms with Crippen LogP contribution in [-0.4, -0.2) is 24.2 Å². The van der Waals surface area contributed by atoms with Crippen molar-refractivity contribution in [2.75, 3.05) is 7.11 Å². The van der Waals surface area contributed by atoms with Crippen LogP contribution in [0.1, 0.15) is 32.0 Å². The molecule has 3 aromatic rings. The highest BCUT2D eigenvalue weighted by atomic mass is 16.5. The number of aromatic carboxylic acids is 1. The van der Waals surface area contributed by atoms with Gasteiger partial charge in [-0.05, 0) is 42.0 Å². The first-order valence-corrected chi connectivity index (χ1v) is 8.37. The highest BCUT2D eigenvalue weighted by molar-refractivity contribution is 5.89. The van der Waals surface area contributed by atoms with Gasteiger partial charge in [-0.3, -0.25) is 0 Å². The molecule has 27 heavy (non-hydrogen) atoms. The van der Waals surface area contributed by atoms with Crippen molar-refractivity contribution < 1.29 is 23.8 Å². The Bertz CT molecular complexity index is 926. The fraction of sp³-hybridized carbons (Fsp3) is 0.143. The van der Waals surface area contributed by atoms with Gasteiger partial charge in [-0.1, -0.05) is 24.3 Å². The molecule has 0 unspecified atom stereocenters. The van der Waals surface area contributed by atoms with E-state index in [1.807, 2.05) is 24.3 Å². The molecule has 0 atom stereocenters. The predicted molar refractivity (Wildman–Crippen MR) is 99.4 cm³/mol.